The lowest BCUT2D eigenvalue weighted by atomic mass is 10.0. The van der Waals surface area contributed by atoms with Crippen LogP contribution in [0.3, 0.4) is 0 Å². The van der Waals surface area contributed by atoms with E-state index in [4.69, 9.17) is 16.3 Å². The van der Waals surface area contributed by atoms with Gasteiger partial charge in [-0.2, -0.15) is 4.37 Å². The Labute approximate surface area is 109 Å². The summed E-state index contributed by atoms with van der Waals surface area (Å²) < 4.78 is 14.0. The minimum atomic E-state index is 0.323. The Hall–Kier alpha value is -0.650. The lowest BCUT2D eigenvalue weighted by molar-refractivity contribution is 0.328. The third-order valence-electron chi connectivity index (χ3n) is 3.30. The van der Waals surface area contributed by atoms with E-state index in [0.717, 1.165) is 29.1 Å². The highest BCUT2D eigenvalue weighted by Gasteiger charge is 2.36. The van der Waals surface area contributed by atoms with Crippen molar-refractivity contribution < 1.29 is 4.74 Å². The molecule has 4 nitrogen and oxygen atoms in total. The van der Waals surface area contributed by atoms with Crippen LogP contribution in [-0.2, 0) is 0 Å². The summed E-state index contributed by atoms with van der Waals surface area (Å²) in [5.74, 6) is 0.623. The molecule has 2 unspecified atom stereocenters. The van der Waals surface area contributed by atoms with E-state index in [1.165, 1.54) is 18.1 Å². The van der Waals surface area contributed by atoms with Crippen LogP contribution in [0.1, 0.15) is 31.9 Å². The second kappa shape index (κ2) is 4.55. The standard InChI is InChI=1S/C11H14ClN3OS/c1-2-16-11-10(14-17-15-11)9-7(12)5-6-3-4-8(9)13-6/h6,8,13H,2-5H2,1H3. The van der Waals surface area contributed by atoms with Crippen LogP contribution in [0.2, 0.25) is 0 Å². The first kappa shape index (κ1) is 11.4. The zero-order valence-corrected chi connectivity index (χ0v) is 11.1. The first-order valence-corrected chi connectivity index (χ1v) is 7.00. The largest absolute Gasteiger partial charge is 0.476 e. The molecule has 0 radical (unpaired) electrons. The van der Waals surface area contributed by atoms with E-state index >= 15 is 0 Å². The van der Waals surface area contributed by atoms with E-state index < -0.39 is 0 Å². The zero-order valence-electron chi connectivity index (χ0n) is 9.57. The topological polar surface area (TPSA) is 47.0 Å². The van der Waals surface area contributed by atoms with Gasteiger partial charge < -0.3 is 10.1 Å². The van der Waals surface area contributed by atoms with E-state index in [-0.39, 0.29) is 0 Å². The highest BCUT2D eigenvalue weighted by molar-refractivity contribution is 6.99. The Morgan fingerprint density at radius 3 is 3.18 bits per heavy atom. The number of halogens is 1. The molecule has 1 N–H and O–H groups in total. The van der Waals surface area contributed by atoms with Crippen LogP contribution in [0.5, 0.6) is 5.88 Å². The van der Waals surface area contributed by atoms with Crippen molar-refractivity contribution in [2.45, 2.75) is 38.3 Å². The van der Waals surface area contributed by atoms with Gasteiger partial charge in [-0.05, 0) is 26.2 Å². The molecule has 1 aromatic rings. The van der Waals surface area contributed by atoms with Crippen LogP contribution in [-0.4, -0.2) is 27.4 Å². The second-order valence-electron chi connectivity index (χ2n) is 4.37. The van der Waals surface area contributed by atoms with Crippen LogP contribution in [0.25, 0.3) is 5.57 Å². The average Bonchev–Trinajstić information content (AvgIpc) is 2.89. The molecule has 3 heterocycles. The van der Waals surface area contributed by atoms with Gasteiger partial charge in [-0.1, -0.05) is 11.6 Å². The molecule has 0 aliphatic carbocycles. The van der Waals surface area contributed by atoms with E-state index in [0.29, 0.717) is 24.6 Å². The van der Waals surface area contributed by atoms with Gasteiger partial charge in [0, 0.05) is 22.7 Å². The van der Waals surface area contributed by atoms with Gasteiger partial charge in [0.05, 0.1) is 18.3 Å². The summed E-state index contributed by atoms with van der Waals surface area (Å²) in [7, 11) is 0. The van der Waals surface area contributed by atoms with Crippen molar-refractivity contribution in [3.8, 4) is 5.88 Å². The molecule has 6 heteroatoms. The SMILES string of the molecule is CCOc1nsnc1C1=C(Cl)CC2CCC1N2. The number of hydrogen-bond acceptors (Lipinski definition) is 5. The van der Waals surface area contributed by atoms with Gasteiger partial charge in [-0.3, -0.25) is 0 Å². The van der Waals surface area contributed by atoms with Gasteiger partial charge in [0.1, 0.15) is 5.69 Å². The number of rotatable bonds is 3. The van der Waals surface area contributed by atoms with Crippen molar-refractivity contribution in [1.82, 2.24) is 14.1 Å². The lowest BCUT2D eigenvalue weighted by Gasteiger charge is -2.24. The average molecular weight is 272 g/mol. The van der Waals surface area contributed by atoms with Crippen LogP contribution in [0.15, 0.2) is 5.03 Å². The van der Waals surface area contributed by atoms with E-state index in [1.807, 2.05) is 6.92 Å². The van der Waals surface area contributed by atoms with Crippen molar-refractivity contribution in [2.75, 3.05) is 6.61 Å². The van der Waals surface area contributed by atoms with Gasteiger partial charge in [0.2, 0.25) is 0 Å². The molecule has 1 saturated heterocycles. The van der Waals surface area contributed by atoms with Gasteiger partial charge >= 0.3 is 0 Å². The molecule has 2 aliphatic rings. The van der Waals surface area contributed by atoms with E-state index in [1.54, 1.807) is 0 Å². The van der Waals surface area contributed by atoms with Crippen LogP contribution in [0, 0.1) is 0 Å². The van der Waals surface area contributed by atoms with Crippen molar-refractivity contribution in [2.24, 2.45) is 0 Å². The fraction of sp³-hybridized carbons (Fsp3) is 0.636. The fourth-order valence-corrected chi connectivity index (χ4v) is 3.51. The maximum atomic E-state index is 6.40. The van der Waals surface area contributed by atoms with Gasteiger partial charge in [-0.15, -0.1) is 4.37 Å². The molecule has 2 atom stereocenters. The number of hydrogen-bond donors (Lipinski definition) is 1. The zero-order chi connectivity index (χ0) is 11.8. The molecule has 0 spiro atoms. The Bertz CT molecular complexity index is 459. The normalized spacial score (nSPS) is 27.6. The minimum absolute atomic E-state index is 0.323. The summed E-state index contributed by atoms with van der Waals surface area (Å²) in [5, 5.41) is 4.49. The molecule has 17 heavy (non-hydrogen) atoms. The smallest absolute Gasteiger partial charge is 0.253 e. The maximum absolute atomic E-state index is 6.40. The molecule has 92 valence electrons. The van der Waals surface area contributed by atoms with Gasteiger partial charge in [0.25, 0.3) is 5.88 Å². The monoisotopic (exact) mass is 271 g/mol. The van der Waals surface area contributed by atoms with E-state index in [9.17, 15) is 0 Å². The molecule has 3 rings (SSSR count). The predicted octanol–water partition coefficient (Wildman–Crippen LogP) is 2.41. The minimum Gasteiger partial charge on any atom is -0.476 e. The molecular weight excluding hydrogens is 258 g/mol. The summed E-state index contributed by atoms with van der Waals surface area (Å²) in [6.07, 6.45) is 3.21. The van der Waals surface area contributed by atoms with Crippen molar-refractivity contribution in [3.63, 3.8) is 0 Å². The number of fused-ring (bicyclic) bond motifs is 2. The number of ether oxygens (including phenoxy) is 1. The summed E-state index contributed by atoms with van der Waals surface area (Å²) in [6.45, 7) is 2.55. The summed E-state index contributed by atoms with van der Waals surface area (Å²) in [4.78, 5) is 0. The quantitative estimate of drug-likeness (QED) is 0.917. The highest BCUT2D eigenvalue weighted by Crippen LogP contribution is 2.40. The molecule has 0 saturated carbocycles. The number of nitrogens with zero attached hydrogens (tertiary/aromatic N) is 2. The van der Waals surface area contributed by atoms with E-state index in [2.05, 4.69) is 14.1 Å². The molecular formula is C11H14ClN3OS. The summed E-state index contributed by atoms with van der Waals surface area (Å²) in [5.41, 5.74) is 1.93. The predicted molar refractivity (Wildman–Crippen MR) is 68.4 cm³/mol. The highest BCUT2D eigenvalue weighted by atomic mass is 35.5. The molecule has 1 fully saturated rings. The van der Waals surface area contributed by atoms with Crippen molar-refractivity contribution >= 4 is 28.9 Å². The summed E-state index contributed by atoms with van der Waals surface area (Å²) in [6, 6.07) is 0.864. The van der Waals surface area contributed by atoms with Crippen LogP contribution in [0.4, 0.5) is 0 Å². The molecule has 0 amide bonds. The Morgan fingerprint density at radius 1 is 1.47 bits per heavy atom. The summed E-state index contributed by atoms with van der Waals surface area (Å²) >= 11 is 7.58. The number of aromatic nitrogens is 2. The Morgan fingerprint density at radius 2 is 2.35 bits per heavy atom. The molecule has 2 aliphatic heterocycles. The number of nitrogens with one attached hydrogen (secondary N) is 1. The van der Waals surface area contributed by atoms with Gasteiger partial charge in [0.15, 0.2) is 0 Å². The van der Waals surface area contributed by atoms with Gasteiger partial charge in [-0.25, -0.2) is 0 Å². The molecule has 1 aromatic heterocycles. The fourth-order valence-electron chi connectivity index (χ4n) is 2.59. The molecule has 2 bridgehead atoms. The third kappa shape index (κ3) is 1.96. The lowest BCUT2D eigenvalue weighted by Crippen LogP contribution is -2.34. The van der Waals surface area contributed by atoms with Crippen molar-refractivity contribution in [1.29, 1.82) is 0 Å². The van der Waals surface area contributed by atoms with Crippen LogP contribution < -0.4 is 10.1 Å². The maximum Gasteiger partial charge on any atom is 0.253 e. The third-order valence-corrected chi connectivity index (χ3v) is 4.17. The van der Waals surface area contributed by atoms with Crippen molar-refractivity contribution in [3.05, 3.63) is 10.7 Å². The Kier molecular flexibility index (Phi) is 3.06. The Balaban J connectivity index is 1.99. The van der Waals surface area contributed by atoms with Crippen LogP contribution >= 0.6 is 23.3 Å². The second-order valence-corrected chi connectivity index (χ2v) is 5.35. The first-order chi connectivity index (χ1) is 8.29. The first-order valence-electron chi connectivity index (χ1n) is 5.90. The molecule has 0 aromatic carbocycles.